The molecule has 3 heterocycles. The number of anilines is 1. The zero-order valence-electron chi connectivity index (χ0n) is 17.2. The predicted octanol–water partition coefficient (Wildman–Crippen LogP) is 3.35. The van der Waals surface area contributed by atoms with Crippen molar-refractivity contribution in [3.63, 3.8) is 0 Å². The van der Waals surface area contributed by atoms with Gasteiger partial charge in [0.25, 0.3) is 0 Å². The number of pyridine rings is 2. The molecule has 1 aliphatic rings. The first kappa shape index (κ1) is 19.1. The van der Waals surface area contributed by atoms with Crippen LogP contribution in [0.15, 0.2) is 71.7 Å². The van der Waals surface area contributed by atoms with E-state index in [0.717, 1.165) is 11.4 Å². The first-order valence-electron chi connectivity index (χ1n) is 10.2. The third-order valence-corrected chi connectivity index (χ3v) is 5.80. The molecule has 1 saturated heterocycles. The van der Waals surface area contributed by atoms with Crippen LogP contribution in [0.4, 0.5) is 10.5 Å². The highest BCUT2D eigenvalue weighted by molar-refractivity contribution is 6.00. The molecular weight excluding hydrogens is 392 g/mol. The Balaban J connectivity index is 1.50. The van der Waals surface area contributed by atoms with Crippen LogP contribution in [0.5, 0.6) is 5.75 Å². The Morgan fingerprint density at radius 2 is 1.61 bits per heavy atom. The van der Waals surface area contributed by atoms with Crippen molar-refractivity contribution in [2.45, 2.75) is 0 Å². The minimum atomic E-state index is -0.167. The highest BCUT2D eigenvalue weighted by Gasteiger charge is 2.26. The van der Waals surface area contributed by atoms with Gasteiger partial charge in [-0.15, -0.1) is 0 Å². The number of rotatable bonds is 2. The van der Waals surface area contributed by atoms with Gasteiger partial charge in [-0.05, 0) is 36.4 Å². The van der Waals surface area contributed by atoms with E-state index in [1.54, 1.807) is 42.1 Å². The second-order valence-electron chi connectivity index (χ2n) is 7.48. The van der Waals surface area contributed by atoms with Crippen molar-refractivity contribution >= 4 is 33.7 Å². The van der Waals surface area contributed by atoms with E-state index < -0.39 is 0 Å². The summed E-state index contributed by atoms with van der Waals surface area (Å²) in [4.78, 5) is 34.9. The van der Waals surface area contributed by atoms with Crippen LogP contribution < -0.4 is 15.1 Å². The summed E-state index contributed by atoms with van der Waals surface area (Å²) in [5, 5.41) is 0.964. The summed E-state index contributed by atoms with van der Waals surface area (Å²) >= 11 is 0. The molecule has 1 fully saturated rings. The number of fused-ring (bicyclic) bond motifs is 2. The molecule has 31 heavy (non-hydrogen) atoms. The third kappa shape index (κ3) is 3.18. The predicted molar refractivity (Wildman–Crippen MR) is 121 cm³/mol. The van der Waals surface area contributed by atoms with Crippen LogP contribution in [0.25, 0.3) is 21.9 Å². The van der Waals surface area contributed by atoms with Gasteiger partial charge in [-0.3, -0.25) is 4.79 Å². The molecule has 1 amide bonds. The van der Waals surface area contributed by atoms with E-state index in [2.05, 4.69) is 9.88 Å². The molecule has 0 saturated carbocycles. The number of para-hydroxylation sites is 3. The van der Waals surface area contributed by atoms with Crippen molar-refractivity contribution in [3.8, 4) is 5.75 Å². The topological polar surface area (TPSA) is 67.7 Å². The molecule has 4 aromatic rings. The van der Waals surface area contributed by atoms with E-state index in [4.69, 9.17) is 4.74 Å². The van der Waals surface area contributed by atoms with Gasteiger partial charge in [-0.25, -0.2) is 14.3 Å². The van der Waals surface area contributed by atoms with Crippen LogP contribution in [0.3, 0.4) is 0 Å². The molecule has 7 nitrogen and oxygen atoms in total. The lowest BCUT2D eigenvalue weighted by Crippen LogP contribution is -2.50. The second-order valence-corrected chi connectivity index (χ2v) is 7.48. The maximum absolute atomic E-state index is 13.6. The molecule has 2 aromatic carbocycles. The maximum atomic E-state index is 13.6. The van der Waals surface area contributed by atoms with E-state index in [0.29, 0.717) is 48.1 Å². The van der Waals surface area contributed by atoms with Gasteiger partial charge in [0, 0.05) is 37.8 Å². The van der Waals surface area contributed by atoms with Crippen molar-refractivity contribution < 1.29 is 9.53 Å². The second kappa shape index (κ2) is 7.75. The number of aromatic nitrogens is 2. The highest BCUT2D eigenvalue weighted by Crippen LogP contribution is 2.28. The molecule has 0 radical (unpaired) electrons. The molecule has 5 rings (SSSR count). The number of methoxy groups -OCH3 is 1. The largest absolute Gasteiger partial charge is 0.495 e. The molecule has 1 aliphatic heterocycles. The lowest BCUT2D eigenvalue weighted by atomic mass is 10.1. The quantitative estimate of drug-likeness (QED) is 0.471. The van der Waals surface area contributed by atoms with E-state index in [1.165, 1.54) is 0 Å². The molecule has 0 aliphatic carbocycles. The maximum Gasteiger partial charge on any atom is 0.330 e. The fourth-order valence-electron chi connectivity index (χ4n) is 4.24. The van der Waals surface area contributed by atoms with Crippen molar-refractivity contribution in [2.24, 2.45) is 0 Å². The van der Waals surface area contributed by atoms with Gasteiger partial charge in [-0.1, -0.05) is 24.3 Å². The van der Waals surface area contributed by atoms with Gasteiger partial charge in [0.1, 0.15) is 5.75 Å². The Kier molecular flexibility index (Phi) is 4.78. The number of benzene rings is 2. The Bertz CT molecular complexity index is 1280. The number of carbonyl (C=O) groups excluding carboxylic acids is 1. The molecule has 7 heteroatoms. The molecule has 0 bridgehead atoms. The number of hydrogen-bond donors (Lipinski definition) is 0. The fraction of sp³-hybridized carbons (Fsp3) is 0.208. The highest BCUT2D eigenvalue weighted by atomic mass is 16.5. The van der Waals surface area contributed by atoms with Gasteiger partial charge in [0.05, 0.1) is 23.7 Å². The summed E-state index contributed by atoms with van der Waals surface area (Å²) in [7, 11) is 1.66. The number of ether oxygens (including phenoxy) is 1. The van der Waals surface area contributed by atoms with E-state index >= 15 is 0 Å². The Morgan fingerprint density at radius 1 is 0.903 bits per heavy atom. The molecule has 156 valence electrons. The number of hydrogen-bond acceptors (Lipinski definition) is 5. The van der Waals surface area contributed by atoms with E-state index in [1.807, 2.05) is 41.3 Å². The van der Waals surface area contributed by atoms with E-state index in [-0.39, 0.29) is 11.5 Å². The summed E-state index contributed by atoms with van der Waals surface area (Å²) in [6.45, 7) is 2.50. The van der Waals surface area contributed by atoms with Crippen molar-refractivity contribution in [1.82, 2.24) is 14.5 Å². The average molecular weight is 414 g/mol. The van der Waals surface area contributed by atoms with Gasteiger partial charge < -0.3 is 14.5 Å². The van der Waals surface area contributed by atoms with Crippen LogP contribution >= 0.6 is 0 Å². The van der Waals surface area contributed by atoms with Crippen LogP contribution in [0, 0.1) is 0 Å². The van der Waals surface area contributed by atoms with Crippen molar-refractivity contribution in [3.05, 3.63) is 77.1 Å². The summed E-state index contributed by atoms with van der Waals surface area (Å²) in [5.74, 6) is 0.823. The standard InChI is InChI=1S/C24H22N4O3/c1-31-21-11-5-4-10-20(21)26-13-15-27(16-14-26)24(30)28-19-9-3-2-7-17(19)22(29)18-8-6-12-25-23(18)28/h2-12H,13-16H2,1H3. The van der Waals surface area contributed by atoms with Crippen LogP contribution in [-0.4, -0.2) is 53.8 Å². The minimum Gasteiger partial charge on any atom is -0.495 e. The molecule has 0 N–H and O–H groups in total. The Labute approximate surface area is 179 Å². The average Bonchev–Trinajstić information content (AvgIpc) is 2.84. The summed E-state index contributed by atoms with van der Waals surface area (Å²) in [5.41, 5.74) is 1.89. The zero-order chi connectivity index (χ0) is 21.4. The fourth-order valence-corrected chi connectivity index (χ4v) is 4.24. The van der Waals surface area contributed by atoms with Gasteiger partial charge in [0.15, 0.2) is 11.1 Å². The van der Waals surface area contributed by atoms with Gasteiger partial charge >= 0.3 is 6.03 Å². The van der Waals surface area contributed by atoms with Crippen molar-refractivity contribution in [1.29, 1.82) is 0 Å². The molecule has 0 spiro atoms. The Hall–Kier alpha value is -3.87. The first-order chi connectivity index (χ1) is 15.2. The first-order valence-corrected chi connectivity index (χ1v) is 10.2. The molecule has 0 atom stereocenters. The summed E-state index contributed by atoms with van der Waals surface area (Å²) in [6, 6.07) is 18.4. The monoisotopic (exact) mass is 414 g/mol. The van der Waals surface area contributed by atoms with Gasteiger partial charge in [-0.2, -0.15) is 0 Å². The molecular formula is C24H22N4O3. The lowest BCUT2D eigenvalue weighted by molar-refractivity contribution is 0.197. The number of amides is 1. The van der Waals surface area contributed by atoms with E-state index in [9.17, 15) is 9.59 Å². The number of nitrogens with zero attached hydrogens (tertiary/aromatic N) is 4. The number of carbonyl (C=O) groups is 1. The third-order valence-electron chi connectivity index (χ3n) is 5.80. The summed E-state index contributed by atoms with van der Waals surface area (Å²) < 4.78 is 7.06. The summed E-state index contributed by atoms with van der Waals surface area (Å²) in [6.07, 6.45) is 1.61. The smallest absolute Gasteiger partial charge is 0.330 e. The normalized spacial score (nSPS) is 14.2. The van der Waals surface area contributed by atoms with Crippen molar-refractivity contribution in [2.75, 3.05) is 38.2 Å². The van der Waals surface area contributed by atoms with Crippen LogP contribution in [-0.2, 0) is 0 Å². The lowest BCUT2D eigenvalue weighted by Gasteiger charge is -2.37. The zero-order valence-corrected chi connectivity index (χ0v) is 17.2. The molecule has 2 aromatic heterocycles. The SMILES string of the molecule is COc1ccccc1N1CCN(C(=O)n2c3ccccc3c(=O)c3cccnc32)CC1. The number of piperazine rings is 1. The molecule has 0 unspecified atom stereocenters. The van der Waals surface area contributed by atoms with Crippen LogP contribution in [0.2, 0.25) is 0 Å². The minimum absolute atomic E-state index is 0.108. The Morgan fingerprint density at radius 3 is 2.42 bits per heavy atom. The van der Waals surface area contributed by atoms with Gasteiger partial charge in [0.2, 0.25) is 0 Å². The van der Waals surface area contributed by atoms with Crippen LogP contribution in [0.1, 0.15) is 0 Å².